The summed E-state index contributed by atoms with van der Waals surface area (Å²) >= 11 is 1.86. The van der Waals surface area contributed by atoms with Crippen LogP contribution in [0, 0.1) is 0 Å². The molecule has 1 aromatic rings. The molecule has 1 atom stereocenters. The maximum atomic E-state index is 3.42. The summed E-state index contributed by atoms with van der Waals surface area (Å²) in [4.78, 5) is 3.97. The summed E-state index contributed by atoms with van der Waals surface area (Å²) in [6.07, 6.45) is 2.39. The zero-order valence-corrected chi connectivity index (χ0v) is 11.5. The highest BCUT2D eigenvalue weighted by molar-refractivity contribution is 7.09. The minimum Gasteiger partial charge on any atom is -0.317 e. The second-order valence-electron chi connectivity index (χ2n) is 4.08. The first-order valence-corrected chi connectivity index (χ1v) is 7.10. The Bertz CT molecular complexity index is 255. The van der Waals surface area contributed by atoms with E-state index in [1.807, 2.05) is 11.3 Å². The lowest BCUT2D eigenvalue weighted by Crippen LogP contribution is -2.33. The molecular formula is C13H24N2S. The van der Waals surface area contributed by atoms with E-state index in [1.54, 1.807) is 0 Å². The molecule has 0 bridgehead atoms. The Morgan fingerprint density at radius 1 is 1.38 bits per heavy atom. The smallest absolute Gasteiger partial charge is 0.0124 e. The molecule has 2 nitrogen and oxygen atoms in total. The van der Waals surface area contributed by atoms with Crippen molar-refractivity contribution in [1.82, 2.24) is 10.2 Å². The molecule has 1 N–H and O–H groups in total. The van der Waals surface area contributed by atoms with Crippen LogP contribution < -0.4 is 5.32 Å². The number of nitrogens with one attached hydrogen (secondary N) is 1. The van der Waals surface area contributed by atoms with Crippen LogP contribution in [0.15, 0.2) is 17.5 Å². The van der Waals surface area contributed by atoms with Gasteiger partial charge >= 0.3 is 0 Å². The van der Waals surface area contributed by atoms with Crippen LogP contribution in [-0.4, -0.2) is 37.6 Å². The van der Waals surface area contributed by atoms with E-state index in [1.165, 1.54) is 17.8 Å². The van der Waals surface area contributed by atoms with E-state index >= 15 is 0 Å². The lowest BCUT2D eigenvalue weighted by Gasteiger charge is -2.22. The Labute approximate surface area is 104 Å². The molecule has 0 aliphatic rings. The number of nitrogens with zero attached hydrogens (tertiary/aromatic N) is 1. The number of likely N-dealkylation sites (N-methyl/N-ethyl adjacent to an activating group) is 1. The van der Waals surface area contributed by atoms with Crippen LogP contribution in [0.25, 0.3) is 0 Å². The lowest BCUT2D eigenvalue weighted by atomic mass is 10.1. The van der Waals surface area contributed by atoms with E-state index in [0.717, 1.165) is 19.5 Å². The molecule has 1 unspecified atom stereocenters. The summed E-state index contributed by atoms with van der Waals surface area (Å²) in [5.74, 6) is 0. The van der Waals surface area contributed by atoms with Crippen molar-refractivity contribution in [2.24, 2.45) is 0 Å². The summed E-state index contributed by atoms with van der Waals surface area (Å²) in [6, 6.07) is 4.98. The van der Waals surface area contributed by atoms with E-state index in [4.69, 9.17) is 0 Å². The molecule has 0 fully saturated rings. The molecule has 0 amide bonds. The number of thiophene rings is 1. The van der Waals surface area contributed by atoms with Crippen LogP contribution in [0.3, 0.4) is 0 Å². The molecule has 0 radical (unpaired) electrons. The van der Waals surface area contributed by atoms with Gasteiger partial charge in [-0.2, -0.15) is 0 Å². The average molecular weight is 240 g/mol. The summed E-state index contributed by atoms with van der Waals surface area (Å²) in [7, 11) is 2.07. The summed E-state index contributed by atoms with van der Waals surface area (Å²) < 4.78 is 0. The molecule has 0 spiro atoms. The van der Waals surface area contributed by atoms with Crippen LogP contribution in [-0.2, 0) is 6.42 Å². The fourth-order valence-electron chi connectivity index (χ4n) is 1.90. The standard InChI is InChI=1S/C13H24N2S/c1-4-15(5-2)9-8-12(14-3)11-13-7-6-10-16-13/h6-7,10,12,14H,4-5,8-9,11H2,1-3H3. The van der Waals surface area contributed by atoms with E-state index in [9.17, 15) is 0 Å². The fourth-order valence-corrected chi connectivity index (χ4v) is 2.68. The first-order chi connectivity index (χ1) is 7.80. The van der Waals surface area contributed by atoms with E-state index < -0.39 is 0 Å². The van der Waals surface area contributed by atoms with Crippen LogP contribution in [0.5, 0.6) is 0 Å². The van der Waals surface area contributed by atoms with Gasteiger partial charge in [0.25, 0.3) is 0 Å². The second kappa shape index (κ2) is 7.82. The highest BCUT2D eigenvalue weighted by Crippen LogP contribution is 2.12. The quantitative estimate of drug-likeness (QED) is 0.751. The summed E-state index contributed by atoms with van der Waals surface area (Å²) in [5, 5.41) is 5.58. The van der Waals surface area contributed by atoms with Gasteiger partial charge in [-0.1, -0.05) is 19.9 Å². The van der Waals surface area contributed by atoms with Crippen molar-refractivity contribution in [3.05, 3.63) is 22.4 Å². The molecule has 0 saturated carbocycles. The maximum Gasteiger partial charge on any atom is 0.0124 e. The molecule has 0 aromatic carbocycles. The van der Waals surface area contributed by atoms with Crippen LogP contribution in [0.4, 0.5) is 0 Å². The fraction of sp³-hybridized carbons (Fsp3) is 0.692. The number of hydrogen-bond acceptors (Lipinski definition) is 3. The van der Waals surface area contributed by atoms with Gasteiger partial charge in [-0.3, -0.25) is 0 Å². The molecular weight excluding hydrogens is 216 g/mol. The van der Waals surface area contributed by atoms with Gasteiger partial charge in [-0.05, 0) is 51.0 Å². The minimum absolute atomic E-state index is 0.610. The van der Waals surface area contributed by atoms with Gasteiger partial charge in [0.05, 0.1) is 0 Å². The van der Waals surface area contributed by atoms with Gasteiger partial charge in [-0.25, -0.2) is 0 Å². The van der Waals surface area contributed by atoms with Crippen molar-refractivity contribution in [1.29, 1.82) is 0 Å². The average Bonchev–Trinajstić information content (AvgIpc) is 2.81. The summed E-state index contributed by atoms with van der Waals surface area (Å²) in [5.41, 5.74) is 0. The van der Waals surface area contributed by atoms with Gasteiger partial charge in [0.1, 0.15) is 0 Å². The lowest BCUT2D eigenvalue weighted by molar-refractivity contribution is 0.283. The first kappa shape index (κ1) is 13.7. The molecule has 1 aromatic heterocycles. The Balaban J connectivity index is 2.31. The van der Waals surface area contributed by atoms with E-state index in [0.29, 0.717) is 6.04 Å². The van der Waals surface area contributed by atoms with E-state index in [-0.39, 0.29) is 0 Å². The third kappa shape index (κ3) is 4.64. The molecule has 0 saturated heterocycles. The Morgan fingerprint density at radius 3 is 2.62 bits per heavy atom. The molecule has 92 valence electrons. The summed E-state index contributed by atoms with van der Waals surface area (Å²) in [6.45, 7) is 7.98. The van der Waals surface area contributed by atoms with Crippen molar-refractivity contribution in [2.45, 2.75) is 32.7 Å². The largest absolute Gasteiger partial charge is 0.317 e. The topological polar surface area (TPSA) is 15.3 Å². The molecule has 16 heavy (non-hydrogen) atoms. The number of rotatable bonds is 8. The van der Waals surface area contributed by atoms with Crippen LogP contribution in [0.1, 0.15) is 25.1 Å². The highest BCUT2D eigenvalue weighted by atomic mass is 32.1. The van der Waals surface area contributed by atoms with Gasteiger partial charge in [0, 0.05) is 10.9 Å². The van der Waals surface area contributed by atoms with Gasteiger partial charge in [-0.15, -0.1) is 11.3 Å². The van der Waals surface area contributed by atoms with Crippen molar-refractivity contribution < 1.29 is 0 Å². The first-order valence-electron chi connectivity index (χ1n) is 6.22. The van der Waals surface area contributed by atoms with Crippen molar-refractivity contribution in [2.75, 3.05) is 26.7 Å². The third-order valence-corrected chi connectivity index (χ3v) is 4.02. The molecule has 0 aliphatic heterocycles. The molecule has 3 heteroatoms. The predicted octanol–water partition coefficient (Wildman–Crippen LogP) is 2.61. The molecule has 1 rings (SSSR count). The zero-order chi connectivity index (χ0) is 11.8. The van der Waals surface area contributed by atoms with Crippen LogP contribution >= 0.6 is 11.3 Å². The molecule has 1 heterocycles. The molecule has 0 aliphatic carbocycles. The van der Waals surface area contributed by atoms with E-state index in [2.05, 4.69) is 48.6 Å². The monoisotopic (exact) mass is 240 g/mol. The van der Waals surface area contributed by atoms with Gasteiger partial charge in [0.2, 0.25) is 0 Å². The Morgan fingerprint density at radius 2 is 2.12 bits per heavy atom. The Hall–Kier alpha value is -0.380. The van der Waals surface area contributed by atoms with Crippen LogP contribution in [0.2, 0.25) is 0 Å². The normalized spacial score (nSPS) is 13.2. The number of hydrogen-bond donors (Lipinski definition) is 1. The maximum absolute atomic E-state index is 3.42. The minimum atomic E-state index is 0.610. The van der Waals surface area contributed by atoms with Gasteiger partial charge < -0.3 is 10.2 Å². The van der Waals surface area contributed by atoms with Crippen molar-refractivity contribution in [3.63, 3.8) is 0 Å². The van der Waals surface area contributed by atoms with Gasteiger partial charge in [0.15, 0.2) is 0 Å². The highest BCUT2D eigenvalue weighted by Gasteiger charge is 2.09. The zero-order valence-electron chi connectivity index (χ0n) is 10.7. The predicted molar refractivity (Wildman–Crippen MR) is 73.3 cm³/mol. The second-order valence-corrected chi connectivity index (χ2v) is 5.12. The Kier molecular flexibility index (Phi) is 6.69. The third-order valence-electron chi connectivity index (χ3n) is 3.12. The van der Waals surface area contributed by atoms with Crippen molar-refractivity contribution >= 4 is 11.3 Å². The van der Waals surface area contributed by atoms with Crippen molar-refractivity contribution in [3.8, 4) is 0 Å². The SMILES string of the molecule is CCN(CC)CCC(Cc1cccs1)NC.